The van der Waals surface area contributed by atoms with Crippen molar-refractivity contribution < 1.29 is 14.6 Å². The first-order valence-corrected chi connectivity index (χ1v) is 6.14. The lowest BCUT2D eigenvalue weighted by Gasteiger charge is -2.21. The summed E-state index contributed by atoms with van der Waals surface area (Å²) in [6.07, 6.45) is 0. The van der Waals surface area contributed by atoms with E-state index < -0.39 is 5.97 Å². The number of carboxylic acids is 1. The van der Waals surface area contributed by atoms with Gasteiger partial charge in [0.2, 0.25) is 0 Å². The van der Waals surface area contributed by atoms with E-state index in [1.165, 1.54) is 0 Å². The van der Waals surface area contributed by atoms with Crippen molar-refractivity contribution in [1.29, 1.82) is 0 Å². The Balaban J connectivity index is 2.34. The SMILES string of the molecule is CC(C)(C)Oc1ccc(-c2[nH]nc(N)c2C(=O)O)cc1. The van der Waals surface area contributed by atoms with Gasteiger partial charge in [-0.2, -0.15) is 5.10 Å². The van der Waals surface area contributed by atoms with E-state index in [4.69, 9.17) is 15.6 Å². The fraction of sp³-hybridized carbons (Fsp3) is 0.286. The normalized spacial score (nSPS) is 11.3. The lowest BCUT2D eigenvalue weighted by Crippen LogP contribution is -2.22. The molecule has 1 aromatic carbocycles. The van der Waals surface area contributed by atoms with Crippen LogP contribution >= 0.6 is 0 Å². The molecule has 2 aromatic rings. The lowest BCUT2D eigenvalue weighted by atomic mass is 10.1. The lowest BCUT2D eigenvalue weighted by molar-refractivity contribution is 0.0699. The largest absolute Gasteiger partial charge is 0.488 e. The number of hydrogen-bond donors (Lipinski definition) is 3. The molecule has 0 unspecified atom stereocenters. The van der Waals surface area contributed by atoms with Crippen LogP contribution in [0.5, 0.6) is 5.75 Å². The van der Waals surface area contributed by atoms with E-state index in [1.54, 1.807) is 24.3 Å². The Hall–Kier alpha value is -2.50. The van der Waals surface area contributed by atoms with Gasteiger partial charge in [0.05, 0.1) is 5.69 Å². The zero-order chi connectivity index (χ0) is 14.9. The molecule has 4 N–H and O–H groups in total. The number of hydrogen-bond acceptors (Lipinski definition) is 4. The number of aromatic amines is 1. The average molecular weight is 275 g/mol. The minimum absolute atomic E-state index is 0.0190. The second kappa shape index (κ2) is 4.88. The summed E-state index contributed by atoms with van der Waals surface area (Å²) in [4.78, 5) is 11.2. The first-order valence-electron chi connectivity index (χ1n) is 6.14. The molecule has 2 rings (SSSR count). The first kappa shape index (κ1) is 13.9. The Bertz CT molecular complexity index is 624. The number of anilines is 1. The predicted octanol–water partition coefficient (Wildman–Crippen LogP) is 2.53. The molecule has 1 aromatic heterocycles. The van der Waals surface area contributed by atoms with Crippen molar-refractivity contribution in [2.45, 2.75) is 26.4 Å². The Morgan fingerprint density at radius 3 is 2.40 bits per heavy atom. The third kappa shape index (κ3) is 2.90. The number of H-pyrrole nitrogens is 1. The van der Waals surface area contributed by atoms with E-state index in [9.17, 15) is 4.79 Å². The maximum absolute atomic E-state index is 11.2. The molecular weight excluding hydrogens is 258 g/mol. The summed E-state index contributed by atoms with van der Waals surface area (Å²) in [5, 5.41) is 15.5. The molecule has 1 heterocycles. The Morgan fingerprint density at radius 2 is 1.90 bits per heavy atom. The van der Waals surface area contributed by atoms with Gasteiger partial charge in [0.15, 0.2) is 5.82 Å². The number of nitrogens with two attached hydrogens (primary N) is 1. The molecule has 0 amide bonds. The van der Waals surface area contributed by atoms with Crippen LogP contribution in [0, 0.1) is 0 Å². The summed E-state index contributed by atoms with van der Waals surface area (Å²) >= 11 is 0. The number of nitrogens with zero attached hydrogens (tertiary/aromatic N) is 1. The van der Waals surface area contributed by atoms with Gasteiger partial charge >= 0.3 is 5.97 Å². The van der Waals surface area contributed by atoms with Crippen LogP contribution in [0.4, 0.5) is 5.82 Å². The number of nitrogen functional groups attached to an aromatic ring is 1. The van der Waals surface area contributed by atoms with Crippen LogP contribution in [0.1, 0.15) is 31.1 Å². The molecule has 0 bridgehead atoms. The molecule has 20 heavy (non-hydrogen) atoms. The monoisotopic (exact) mass is 275 g/mol. The zero-order valence-electron chi connectivity index (χ0n) is 11.6. The number of rotatable bonds is 3. The first-order chi connectivity index (χ1) is 9.28. The number of aromatic nitrogens is 2. The van der Waals surface area contributed by atoms with Gasteiger partial charge in [0, 0.05) is 5.56 Å². The van der Waals surface area contributed by atoms with Crippen LogP contribution in [0.15, 0.2) is 24.3 Å². The van der Waals surface area contributed by atoms with Gasteiger partial charge in [-0.05, 0) is 45.0 Å². The van der Waals surface area contributed by atoms with Crippen LogP contribution in [-0.2, 0) is 0 Å². The molecule has 0 aliphatic heterocycles. The third-order valence-corrected chi connectivity index (χ3v) is 2.58. The summed E-state index contributed by atoms with van der Waals surface area (Å²) in [7, 11) is 0. The van der Waals surface area contributed by atoms with Crippen LogP contribution in [0.2, 0.25) is 0 Å². The van der Waals surface area contributed by atoms with Gasteiger partial charge in [0.25, 0.3) is 0 Å². The van der Waals surface area contributed by atoms with E-state index in [1.807, 2.05) is 20.8 Å². The highest BCUT2D eigenvalue weighted by Gasteiger charge is 2.19. The zero-order valence-corrected chi connectivity index (χ0v) is 11.6. The third-order valence-electron chi connectivity index (χ3n) is 2.58. The van der Waals surface area contributed by atoms with Gasteiger partial charge in [-0.3, -0.25) is 5.10 Å². The molecule has 0 fully saturated rings. The molecule has 0 aliphatic rings. The molecule has 0 atom stereocenters. The van der Waals surface area contributed by atoms with Crippen molar-refractivity contribution in [3.63, 3.8) is 0 Å². The number of aromatic carboxylic acids is 1. The van der Waals surface area contributed by atoms with Crippen LogP contribution < -0.4 is 10.5 Å². The molecule has 106 valence electrons. The maximum Gasteiger partial charge on any atom is 0.341 e. The molecule has 0 radical (unpaired) electrons. The summed E-state index contributed by atoms with van der Waals surface area (Å²) in [6.45, 7) is 5.87. The van der Waals surface area contributed by atoms with Crippen molar-refractivity contribution in [3.05, 3.63) is 29.8 Å². The smallest absolute Gasteiger partial charge is 0.341 e. The Morgan fingerprint density at radius 1 is 1.30 bits per heavy atom. The Labute approximate surface area is 116 Å². The van der Waals surface area contributed by atoms with Crippen LogP contribution in [0.25, 0.3) is 11.3 Å². The van der Waals surface area contributed by atoms with Gasteiger partial charge in [-0.25, -0.2) is 4.79 Å². The Kier molecular flexibility index (Phi) is 3.40. The molecular formula is C14H17N3O3. The fourth-order valence-electron chi connectivity index (χ4n) is 1.82. The summed E-state index contributed by atoms with van der Waals surface area (Å²) in [6, 6.07) is 7.09. The van der Waals surface area contributed by atoms with Gasteiger partial charge in [-0.1, -0.05) is 0 Å². The number of benzene rings is 1. The topological polar surface area (TPSA) is 101 Å². The highest BCUT2D eigenvalue weighted by molar-refractivity contribution is 5.99. The molecule has 0 saturated heterocycles. The van der Waals surface area contributed by atoms with Gasteiger partial charge < -0.3 is 15.6 Å². The standard InChI is InChI=1S/C14H17N3O3/c1-14(2,3)20-9-6-4-8(5-7-9)11-10(13(18)19)12(15)17-16-11/h4-7H,1-3H3,(H,18,19)(H3,15,16,17). The molecule has 0 aliphatic carbocycles. The molecule has 6 heteroatoms. The minimum atomic E-state index is -1.11. The fourth-order valence-corrected chi connectivity index (χ4v) is 1.82. The number of carbonyl (C=O) groups is 1. The van der Waals surface area contributed by atoms with Crippen molar-refractivity contribution in [2.24, 2.45) is 0 Å². The van der Waals surface area contributed by atoms with Crippen molar-refractivity contribution in [1.82, 2.24) is 10.2 Å². The second-order valence-corrected chi connectivity index (χ2v) is 5.40. The van der Waals surface area contributed by atoms with E-state index in [0.717, 1.165) is 0 Å². The van der Waals surface area contributed by atoms with Crippen molar-refractivity contribution >= 4 is 11.8 Å². The highest BCUT2D eigenvalue weighted by atomic mass is 16.5. The minimum Gasteiger partial charge on any atom is -0.488 e. The summed E-state index contributed by atoms with van der Waals surface area (Å²) < 4.78 is 5.71. The molecule has 6 nitrogen and oxygen atoms in total. The summed E-state index contributed by atoms with van der Waals surface area (Å²) in [5.41, 5.74) is 6.31. The van der Waals surface area contributed by atoms with E-state index >= 15 is 0 Å². The van der Waals surface area contributed by atoms with E-state index in [2.05, 4.69) is 10.2 Å². The van der Waals surface area contributed by atoms with Crippen LogP contribution in [0.3, 0.4) is 0 Å². The summed E-state index contributed by atoms with van der Waals surface area (Å²) in [5.74, 6) is -0.422. The van der Waals surface area contributed by atoms with Crippen molar-refractivity contribution in [2.75, 3.05) is 5.73 Å². The van der Waals surface area contributed by atoms with E-state index in [0.29, 0.717) is 17.0 Å². The highest BCUT2D eigenvalue weighted by Crippen LogP contribution is 2.27. The molecule has 0 spiro atoms. The van der Waals surface area contributed by atoms with E-state index in [-0.39, 0.29) is 17.0 Å². The van der Waals surface area contributed by atoms with Gasteiger partial charge in [0.1, 0.15) is 16.9 Å². The predicted molar refractivity (Wildman–Crippen MR) is 75.8 cm³/mol. The number of ether oxygens (including phenoxy) is 1. The molecule has 0 saturated carbocycles. The number of carboxylic acid groups (broad SMARTS) is 1. The van der Waals surface area contributed by atoms with Gasteiger partial charge in [-0.15, -0.1) is 0 Å². The number of nitrogens with one attached hydrogen (secondary N) is 1. The maximum atomic E-state index is 11.2. The van der Waals surface area contributed by atoms with Crippen LogP contribution in [-0.4, -0.2) is 26.9 Å². The second-order valence-electron chi connectivity index (χ2n) is 5.40. The average Bonchev–Trinajstić information content (AvgIpc) is 2.70. The van der Waals surface area contributed by atoms with Crippen molar-refractivity contribution in [3.8, 4) is 17.0 Å². The quantitative estimate of drug-likeness (QED) is 0.799.